The second-order valence-corrected chi connectivity index (χ2v) is 5.76. The summed E-state index contributed by atoms with van der Waals surface area (Å²) in [5.74, 6) is 0.447. The molecule has 0 saturated heterocycles. The Labute approximate surface area is 132 Å². The summed E-state index contributed by atoms with van der Waals surface area (Å²) in [4.78, 5) is 16.1. The van der Waals surface area contributed by atoms with Crippen molar-refractivity contribution in [2.24, 2.45) is 0 Å². The average molecular weight is 303 g/mol. The standard InChI is InChI=1S/C17H25N3O2/c1-13(2)22-16-15(9-6-11-18-16)20-17(21)19-12-10-14-7-4-3-5-8-14/h6-7,9,11,13H,3-5,8,10,12H2,1-2H3,(H2,19,20,21). The number of hydrogen-bond acceptors (Lipinski definition) is 3. The maximum Gasteiger partial charge on any atom is 0.319 e. The summed E-state index contributed by atoms with van der Waals surface area (Å²) in [5, 5.41) is 5.68. The highest BCUT2D eigenvalue weighted by atomic mass is 16.5. The van der Waals surface area contributed by atoms with Crippen molar-refractivity contribution < 1.29 is 9.53 Å². The second-order valence-electron chi connectivity index (χ2n) is 5.76. The zero-order valence-corrected chi connectivity index (χ0v) is 13.4. The van der Waals surface area contributed by atoms with Gasteiger partial charge >= 0.3 is 6.03 Å². The molecular weight excluding hydrogens is 278 g/mol. The molecule has 0 spiro atoms. The van der Waals surface area contributed by atoms with Gasteiger partial charge in [0, 0.05) is 12.7 Å². The minimum atomic E-state index is -0.224. The number of allylic oxidation sites excluding steroid dienone is 1. The van der Waals surface area contributed by atoms with E-state index in [1.165, 1.54) is 24.8 Å². The van der Waals surface area contributed by atoms with E-state index < -0.39 is 0 Å². The van der Waals surface area contributed by atoms with Gasteiger partial charge in [0.15, 0.2) is 0 Å². The summed E-state index contributed by atoms with van der Waals surface area (Å²) < 4.78 is 5.58. The third-order valence-corrected chi connectivity index (χ3v) is 3.48. The van der Waals surface area contributed by atoms with Crippen molar-refractivity contribution in [3.8, 4) is 5.88 Å². The van der Waals surface area contributed by atoms with Gasteiger partial charge in [-0.15, -0.1) is 0 Å². The predicted octanol–water partition coefficient (Wildman–Crippen LogP) is 3.88. The molecule has 1 aromatic heterocycles. The number of nitrogens with zero attached hydrogens (tertiary/aromatic N) is 1. The SMILES string of the molecule is CC(C)Oc1ncccc1NC(=O)NCCC1=CCCCC1. The second kappa shape index (κ2) is 8.41. The topological polar surface area (TPSA) is 63.2 Å². The molecule has 0 aromatic carbocycles. The Bertz CT molecular complexity index is 526. The van der Waals surface area contributed by atoms with E-state index in [0.717, 1.165) is 12.8 Å². The van der Waals surface area contributed by atoms with Gasteiger partial charge in [0.2, 0.25) is 5.88 Å². The van der Waals surface area contributed by atoms with Crippen LogP contribution in [0.1, 0.15) is 46.0 Å². The van der Waals surface area contributed by atoms with E-state index in [2.05, 4.69) is 21.7 Å². The van der Waals surface area contributed by atoms with E-state index >= 15 is 0 Å². The molecule has 1 aliphatic rings. The minimum Gasteiger partial charge on any atom is -0.473 e. The zero-order valence-electron chi connectivity index (χ0n) is 13.4. The molecule has 2 amide bonds. The number of hydrogen-bond donors (Lipinski definition) is 2. The number of anilines is 1. The maximum atomic E-state index is 12.0. The summed E-state index contributed by atoms with van der Waals surface area (Å²) in [6.07, 6.45) is 9.79. The van der Waals surface area contributed by atoms with E-state index in [1.807, 2.05) is 13.8 Å². The number of ether oxygens (including phenoxy) is 1. The molecule has 120 valence electrons. The van der Waals surface area contributed by atoms with E-state index in [0.29, 0.717) is 18.1 Å². The molecule has 22 heavy (non-hydrogen) atoms. The molecule has 0 unspecified atom stereocenters. The Hall–Kier alpha value is -2.04. The number of carbonyl (C=O) groups excluding carboxylic acids is 1. The molecule has 1 heterocycles. The number of carbonyl (C=O) groups is 1. The van der Waals surface area contributed by atoms with Crippen molar-refractivity contribution in [2.75, 3.05) is 11.9 Å². The fraction of sp³-hybridized carbons (Fsp3) is 0.529. The number of amides is 2. The molecule has 0 radical (unpaired) electrons. The summed E-state index contributed by atoms with van der Waals surface area (Å²) in [7, 11) is 0. The van der Waals surface area contributed by atoms with Gasteiger partial charge in [-0.3, -0.25) is 0 Å². The van der Waals surface area contributed by atoms with Crippen molar-refractivity contribution in [1.29, 1.82) is 0 Å². The van der Waals surface area contributed by atoms with Crippen LogP contribution in [0, 0.1) is 0 Å². The Morgan fingerprint density at radius 2 is 2.27 bits per heavy atom. The van der Waals surface area contributed by atoms with Gasteiger partial charge in [-0.05, 0) is 58.1 Å². The smallest absolute Gasteiger partial charge is 0.319 e. The normalized spacial score (nSPS) is 14.4. The van der Waals surface area contributed by atoms with Gasteiger partial charge in [0.1, 0.15) is 5.69 Å². The van der Waals surface area contributed by atoms with Crippen molar-refractivity contribution in [3.05, 3.63) is 30.0 Å². The first-order valence-electron chi connectivity index (χ1n) is 7.99. The molecule has 0 saturated carbocycles. The lowest BCUT2D eigenvalue weighted by atomic mass is 9.97. The van der Waals surface area contributed by atoms with Gasteiger partial charge in [-0.2, -0.15) is 0 Å². The molecule has 5 heteroatoms. The molecule has 0 bridgehead atoms. The highest BCUT2D eigenvalue weighted by Gasteiger charge is 2.10. The maximum absolute atomic E-state index is 12.0. The predicted molar refractivity (Wildman–Crippen MR) is 88.2 cm³/mol. The van der Waals surface area contributed by atoms with Crippen molar-refractivity contribution in [2.45, 2.75) is 52.1 Å². The van der Waals surface area contributed by atoms with E-state index in [-0.39, 0.29) is 12.1 Å². The van der Waals surface area contributed by atoms with Crippen LogP contribution < -0.4 is 15.4 Å². The van der Waals surface area contributed by atoms with Crippen LogP contribution in [0.3, 0.4) is 0 Å². The Morgan fingerprint density at radius 3 is 3.00 bits per heavy atom. The summed E-state index contributed by atoms with van der Waals surface area (Å²) in [6.45, 7) is 4.51. The highest BCUT2D eigenvalue weighted by molar-refractivity contribution is 5.90. The molecular formula is C17H25N3O2. The van der Waals surface area contributed by atoms with Gasteiger partial charge in [-0.1, -0.05) is 11.6 Å². The van der Waals surface area contributed by atoms with Crippen LogP contribution in [0.4, 0.5) is 10.5 Å². The molecule has 0 atom stereocenters. The molecule has 1 aliphatic carbocycles. The lowest BCUT2D eigenvalue weighted by Gasteiger charge is -2.15. The third-order valence-electron chi connectivity index (χ3n) is 3.48. The highest BCUT2D eigenvalue weighted by Crippen LogP contribution is 2.22. The number of nitrogens with one attached hydrogen (secondary N) is 2. The Morgan fingerprint density at radius 1 is 1.41 bits per heavy atom. The fourth-order valence-electron chi connectivity index (χ4n) is 2.44. The Balaban J connectivity index is 1.80. The average Bonchev–Trinajstić information content (AvgIpc) is 2.50. The summed E-state index contributed by atoms with van der Waals surface area (Å²) >= 11 is 0. The molecule has 2 rings (SSSR count). The van der Waals surface area contributed by atoms with Crippen molar-refractivity contribution in [3.63, 3.8) is 0 Å². The summed E-state index contributed by atoms with van der Waals surface area (Å²) in [5.41, 5.74) is 2.04. The lowest BCUT2D eigenvalue weighted by Crippen LogP contribution is -2.30. The molecule has 0 aliphatic heterocycles. The zero-order chi connectivity index (χ0) is 15.8. The Kier molecular flexibility index (Phi) is 6.25. The van der Waals surface area contributed by atoms with Crippen LogP contribution in [0.2, 0.25) is 0 Å². The number of urea groups is 1. The molecule has 2 N–H and O–H groups in total. The van der Waals surface area contributed by atoms with E-state index in [9.17, 15) is 4.79 Å². The first-order chi connectivity index (χ1) is 10.6. The minimum absolute atomic E-state index is 0.0109. The molecule has 0 fully saturated rings. The largest absolute Gasteiger partial charge is 0.473 e. The van der Waals surface area contributed by atoms with Gasteiger partial charge in [0.25, 0.3) is 0 Å². The van der Waals surface area contributed by atoms with Crippen LogP contribution in [0.15, 0.2) is 30.0 Å². The first-order valence-corrected chi connectivity index (χ1v) is 7.99. The fourth-order valence-corrected chi connectivity index (χ4v) is 2.44. The van der Waals surface area contributed by atoms with Crippen LogP contribution in [0.25, 0.3) is 0 Å². The molecule has 5 nitrogen and oxygen atoms in total. The van der Waals surface area contributed by atoms with Crippen molar-refractivity contribution >= 4 is 11.7 Å². The monoisotopic (exact) mass is 303 g/mol. The van der Waals surface area contributed by atoms with Gasteiger partial charge in [-0.25, -0.2) is 9.78 Å². The number of rotatable bonds is 6. The van der Waals surface area contributed by atoms with Crippen molar-refractivity contribution in [1.82, 2.24) is 10.3 Å². The summed E-state index contributed by atoms with van der Waals surface area (Å²) in [6, 6.07) is 3.34. The molecule has 1 aromatic rings. The van der Waals surface area contributed by atoms with Crippen LogP contribution >= 0.6 is 0 Å². The number of aromatic nitrogens is 1. The lowest BCUT2D eigenvalue weighted by molar-refractivity contribution is 0.233. The van der Waals surface area contributed by atoms with E-state index in [4.69, 9.17) is 4.74 Å². The van der Waals surface area contributed by atoms with E-state index in [1.54, 1.807) is 18.3 Å². The van der Waals surface area contributed by atoms with Gasteiger partial charge < -0.3 is 15.4 Å². The number of pyridine rings is 1. The first kappa shape index (κ1) is 16.3. The third kappa shape index (κ3) is 5.39. The van der Waals surface area contributed by atoms with Crippen LogP contribution in [-0.4, -0.2) is 23.7 Å². The quantitative estimate of drug-likeness (QED) is 0.784. The van der Waals surface area contributed by atoms with Crippen LogP contribution in [0.5, 0.6) is 5.88 Å². The van der Waals surface area contributed by atoms with Gasteiger partial charge in [0.05, 0.1) is 6.10 Å². The van der Waals surface area contributed by atoms with Crippen LogP contribution in [-0.2, 0) is 0 Å².